The van der Waals surface area contributed by atoms with Crippen molar-refractivity contribution in [2.24, 2.45) is 5.92 Å². The number of ether oxygens (including phenoxy) is 2. The van der Waals surface area contributed by atoms with Crippen molar-refractivity contribution in [2.45, 2.75) is 69.9 Å². The molecule has 0 bridgehead atoms. The number of carbonyl (C=O) groups is 1. The molecule has 0 saturated carbocycles. The Morgan fingerprint density at radius 3 is 2.56 bits per heavy atom. The van der Waals surface area contributed by atoms with Gasteiger partial charge in [-0.2, -0.15) is 0 Å². The predicted molar refractivity (Wildman–Crippen MR) is 123 cm³/mol. The van der Waals surface area contributed by atoms with Gasteiger partial charge in [0, 0.05) is 7.11 Å². The maximum Gasteiger partial charge on any atom is 0.257 e. The quantitative estimate of drug-likeness (QED) is 0.630. The second kappa shape index (κ2) is 8.50. The third kappa shape index (κ3) is 3.81. The fourth-order valence-corrected chi connectivity index (χ4v) is 5.09. The van der Waals surface area contributed by atoms with Crippen molar-refractivity contribution in [2.75, 3.05) is 12.4 Å². The molecular formula is C26H33NO5. The number of aromatic hydroxyl groups is 1. The number of phenolic OH excluding ortho intramolecular Hbond substituents is 1. The minimum atomic E-state index is -1.82. The number of rotatable bonds is 6. The molecule has 6 nitrogen and oxygen atoms in total. The minimum Gasteiger partial charge on any atom is -0.507 e. The van der Waals surface area contributed by atoms with E-state index in [1.54, 1.807) is 30.3 Å². The van der Waals surface area contributed by atoms with Crippen molar-refractivity contribution in [3.63, 3.8) is 0 Å². The van der Waals surface area contributed by atoms with Gasteiger partial charge in [-0.3, -0.25) is 4.79 Å². The molecule has 1 amide bonds. The molecule has 0 unspecified atom stereocenters. The van der Waals surface area contributed by atoms with Gasteiger partial charge in [0.1, 0.15) is 5.75 Å². The summed E-state index contributed by atoms with van der Waals surface area (Å²) in [6, 6.07) is 12.4. The molecule has 1 fully saturated rings. The SMILES string of the molecule is CO[C@@H]1C(=O)Nc2ccc(CC[C@@]3(C)CC[C@@H](C(C)C)O3)c(O)c2[C@@]1(O)c1ccccc1. The maximum absolute atomic E-state index is 12.7. The molecule has 0 aromatic heterocycles. The molecule has 4 atom stereocenters. The first-order valence-corrected chi connectivity index (χ1v) is 11.3. The van der Waals surface area contributed by atoms with E-state index in [1.165, 1.54) is 7.11 Å². The van der Waals surface area contributed by atoms with Gasteiger partial charge in [0.2, 0.25) is 0 Å². The van der Waals surface area contributed by atoms with Crippen LogP contribution >= 0.6 is 0 Å². The lowest BCUT2D eigenvalue weighted by molar-refractivity contribution is -0.142. The van der Waals surface area contributed by atoms with Crippen molar-refractivity contribution in [1.82, 2.24) is 0 Å². The van der Waals surface area contributed by atoms with Gasteiger partial charge in [-0.15, -0.1) is 0 Å². The van der Waals surface area contributed by atoms with Crippen molar-refractivity contribution in [3.05, 3.63) is 59.2 Å². The van der Waals surface area contributed by atoms with E-state index in [0.717, 1.165) is 19.3 Å². The lowest BCUT2D eigenvalue weighted by Crippen LogP contribution is -2.52. The van der Waals surface area contributed by atoms with Crippen molar-refractivity contribution in [3.8, 4) is 5.75 Å². The summed E-state index contributed by atoms with van der Waals surface area (Å²) in [5.41, 5.74) is -0.201. The molecule has 0 spiro atoms. The second-order valence-corrected chi connectivity index (χ2v) is 9.62. The van der Waals surface area contributed by atoms with E-state index in [9.17, 15) is 15.0 Å². The zero-order valence-electron chi connectivity index (χ0n) is 19.2. The Hall–Kier alpha value is -2.41. The van der Waals surface area contributed by atoms with E-state index >= 15 is 0 Å². The fourth-order valence-electron chi connectivity index (χ4n) is 5.09. The first-order valence-electron chi connectivity index (χ1n) is 11.3. The van der Waals surface area contributed by atoms with Gasteiger partial charge in [-0.05, 0) is 55.7 Å². The summed E-state index contributed by atoms with van der Waals surface area (Å²) in [4.78, 5) is 12.7. The van der Waals surface area contributed by atoms with Crippen LogP contribution in [0.25, 0.3) is 0 Å². The number of fused-ring (bicyclic) bond motifs is 1. The van der Waals surface area contributed by atoms with Crippen LogP contribution in [-0.2, 0) is 26.3 Å². The second-order valence-electron chi connectivity index (χ2n) is 9.62. The van der Waals surface area contributed by atoms with Crippen molar-refractivity contribution in [1.29, 1.82) is 0 Å². The monoisotopic (exact) mass is 439 g/mol. The first-order chi connectivity index (χ1) is 15.2. The van der Waals surface area contributed by atoms with Crippen molar-refractivity contribution >= 4 is 11.6 Å². The highest BCUT2D eigenvalue weighted by Crippen LogP contribution is 2.48. The third-order valence-corrected chi connectivity index (χ3v) is 7.03. The Morgan fingerprint density at radius 1 is 1.22 bits per heavy atom. The van der Waals surface area contributed by atoms with Crippen LogP contribution in [0.5, 0.6) is 5.75 Å². The Bertz CT molecular complexity index is 991. The number of methoxy groups -OCH3 is 1. The summed E-state index contributed by atoms with van der Waals surface area (Å²) >= 11 is 0. The third-order valence-electron chi connectivity index (χ3n) is 7.03. The normalized spacial score (nSPS) is 29.8. The van der Waals surface area contributed by atoms with Gasteiger partial charge in [-0.25, -0.2) is 0 Å². The number of aryl methyl sites for hydroxylation is 1. The zero-order valence-corrected chi connectivity index (χ0v) is 19.2. The summed E-state index contributed by atoms with van der Waals surface area (Å²) in [5.74, 6) is 0.00689. The van der Waals surface area contributed by atoms with Crippen LogP contribution in [0.4, 0.5) is 5.69 Å². The Labute approximate surface area is 189 Å². The van der Waals surface area contributed by atoms with Crippen LogP contribution in [0.2, 0.25) is 0 Å². The average Bonchev–Trinajstić information content (AvgIpc) is 3.16. The first kappa shape index (κ1) is 22.8. The molecule has 2 aromatic rings. The molecule has 4 rings (SSSR count). The number of nitrogens with one attached hydrogen (secondary N) is 1. The smallest absolute Gasteiger partial charge is 0.257 e. The van der Waals surface area contributed by atoms with E-state index < -0.39 is 17.6 Å². The highest BCUT2D eigenvalue weighted by atomic mass is 16.5. The molecule has 2 aromatic carbocycles. The Kier molecular flexibility index (Phi) is 6.05. The van der Waals surface area contributed by atoms with Crippen LogP contribution in [0.1, 0.15) is 56.7 Å². The summed E-state index contributed by atoms with van der Waals surface area (Å²) in [5, 5.41) is 26.0. The van der Waals surface area contributed by atoms with Crippen molar-refractivity contribution < 1.29 is 24.5 Å². The van der Waals surface area contributed by atoms with E-state index in [-0.39, 0.29) is 23.0 Å². The lowest BCUT2D eigenvalue weighted by atomic mass is 9.76. The van der Waals surface area contributed by atoms with Gasteiger partial charge < -0.3 is 25.0 Å². The largest absolute Gasteiger partial charge is 0.507 e. The topological polar surface area (TPSA) is 88.0 Å². The number of hydrogen-bond acceptors (Lipinski definition) is 5. The number of hydrogen-bond donors (Lipinski definition) is 3. The lowest BCUT2D eigenvalue weighted by Gasteiger charge is -2.40. The van der Waals surface area contributed by atoms with Crippen LogP contribution in [0.15, 0.2) is 42.5 Å². The number of benzene rings is 2. The molecule has 3 N–H and O–H groups in total. The zero-order chi connectivity index (χ0) is 23.1. The van der Waals surface area contributed by atoms with Gasteiger partial charge in [0.05, 0.1) is 23.0 Å². The van der Waals surface area contributed by atoms with Crippen LogP contribution in [0.3, 0.4) is 0 Å². The highest BCUT2D eigenvalue weighted by Gasteiger charge is 2.51. The highest BCUT2D eigenvalue weighted by molar-refractivity contribution is 6.00. The Balaban J connectivity index is 1.70. The summed E-state index contributed by atoms with van der Waals surface area (Å²) < 4.78 is 11.8. The van der Waals surface area contributed by atoms with E-state index in [4.69, 9.17) is 9.47 Å². The number of aliphatic hydroxyl groups is 1. The molecule has 0 radical (unpaired) electrons. The molecule has 0 aliphatic carbocycles. The predicted octanol–water partition coefficient (Wildman–Crippen LogP) is 4.12. The number of anilines is 1. The van der Waals surface area contributed by atoms with Gasteiger partial charge in [0.15, 0.2) is 11.7 Å². The standard InChI is InChI=1S/C26H33NO5/c1-16(2)20-13-15-25(3,32-20)14-12-17-10-11-19-21(22(17)28)26(30,18-8-6-5-7-9-18)23(31-4)24(29)27-19/h5-11,16,20,23,28,30H,12-15H2,1-4H3,(H,27,29)/t20-,23+,25-,26-/m0/s1. The summed E-state index contributed by atoms with van der Waals surface area (Å²) in [6.07, 6.45) is 2.44. The molecule has 32 heavy (non-hydrogen) atoms. The Morgan fingerprint density at radius 2 is 1.94 bits per heavy atom. The molecule has 2 aliphatic heterocycles. The van der Waals surface area contributed by atoms with Crippen LogP contribution in [-0.4, -0.2) is 41.0 Å². The van der Waals surface area contributed by atoms with Gasteiger partial charge in [0.25, 0.3) is 5.91 Å². The van der Waals surface area contributed by atoms with E-state index in [2.05, 4.69) is 26.1 Å². The van der Waals surface area contributed by atoms with Crippen LogP contribution < -0.4 is 5.32 Å². The van der Waals surface area contributed by atoms with E-state index in [0.29, 0.717) is 29.2 Å². The van der Waals surface area contributed by atoms with Gasteiger partial charge in [-0.1, -0.05) is 50.2 Å². The van der Waals surface area contributed by atoms with Gasteiger partial charge >= 0.3 is 0 Å². The maximum atomic E-state index is 12.7. The number of phenols is 1. The molecule has 6 heteroatoms. The minimum absolute atomic E-state index is 0.0158. The summed E-state index contributed by atoms with van der Waals surface area (Å²) in [7, 11) is 1.38. The molecule has 2 aliphatic rings. The fraction of sp³-hybridized carbons (Fsp3) is 0.500. The van der Waals surface area contributed by atoms with E-state index in [1.807, 2.05) is 12.1 Å². The molecule has 2 heterocycles. The average molecular weight is 440 g/mol. The number of amides is 1. The molecular weight excluding hydrogens is 406 g/mol. The summed E-state index contributed by atoms with van der Waals surface area (Å²) in [6.45, 7) is 6.49. The number of carbonyl (C=O) groups excluding carboxylic acids is 1. The van der Waals surface area contributed by atoms with Crippen LogP contribution in [0, 0.1) is 5.92 Å². The molecule has 1 saturated heterocycles. The molecule has 172 valence electrons.